The molecular weight excluding hydrogens is 151 g/mol. The van der Waals surface area contributed by atoms with Gasteiger partial charge in [0.1, 0.15) is 6.61 Å². The van der Waals surface area contributed by atoms with E-state index in [1.54, 1.807) is 0 Å². The summed E-state index contributed by atoms with van der Waals surface area (Å²) in [6, 6.07) is 2.26. The van der Waals surface area contributed by atoms with Gasteiger partial charge in [-0.25, -0.2) is 0 Å². The largest absolute Gasteiger partial charge is 0.395 e. The average Bonchev–Trinajstić information content (AvgIpc) is 2.10. The van der Waals surface area contributed by atoms with Crippen molar-refractivity contribution < 1.29 is 4.74 Å². The molecule has 0 amide bonds. The van der Waals surface area contributed by atoms with Crippen LogP contribution >= 0.6 is 0 Å². The number of nitrogens with two attached hydrogens (primary N) is 1. The zero-order chi connectivity index (χ0) is 9.23. The van der Waals surface area contributed by atoms with Crippen molar-refractivity contribution in [2.24, 2.45) is 5.73 Å². The van der Waals surface area contributed by atoms with Crippen LogP contribution in [0.4, 0.5) is 0 Å². The van der Waals surface area contributed by atoms with Gasteiger partial charge < -0.3 is 15.8 Å². The molecule has 1 radical (unpaired) electrons. The van der Waals surface area contributed by atoms with Gasteiger partial charge in [-0.05, 0) is 5.60 Å². The lowest BCUT2D eigenvalue weighted by Gasteiger charge is -2.05. The standard InChI is InChI=1S/C8H14BN2O/c1-8(9-2)11-5-7-12-6-3-4-10/h11H,1,5-7,10H2,2H3. The molecule has 0 aliphatic carbocycles. The van der Waals surface area contributed by atoms with Crippen molar-refractivity contribution in [2.75, 3.05) is 19.8 Å². The van der Waals surface area contributed by atoms with Crippen LogP contribution in [0, 0.1) is 12.0 Å². The number of rotatable bonds is 6. The van der Waals surface area contributed by atoms with Gasteiger partial charge in [0, 0.05) is 12.6 Å². The van der Waals surface area contributed by atoms with E-state index in [0.29, 0.717) is 13.2 Å². The van der Waals surface area contributed by atoms with E-state index < -0.39 is 0 Å². The first-order chi connectivity index (χ1) is 5.81. The summed E-state index contributed by atoms with van der Waals surface area (Å²) in [6.07, 6.45) is 0. The van der Waals surface area contributed by atoms with Gasteiger partial charge in [-0.2, -0.15) is 0 Å². The molecule has 0 unspecified atom stereocenters. The predicted octanol–water partition coefficient (Wildman–Crippen LogP) is -0.264. The van der Waals surface area contributed by atoms with Crippen molar-refractivity contribution >= 4 is 7.28 Å². The lowest BCUT2D eigenvalue weighted by atomic mass is 9.78. The Labute approximate surface area is 74.6 Å². The quantitative estimate of drug-likeness (QED) is 0.246. The topological polar surface area (TPSA) is 47.3 Å². The molecule has 0 rings (SSSR count). The molecule has 0 fully saturated rings. The molecule has 0 atom stereocenters. The Bertz CT molecular complexity index is 183. The highest BCUT2D eigenvalue weighted by molar-refractivity contribution is 6.42. The molecule has 65 valence electrons. The van der Waals surface area contributed by atoms with Gasteiger partial charge in [0.15, 0.2) is 7.28 Å². The van der Waals surface area contributed by atoms with Crippen LogP contribution in [0.2, 0.25) is 6.82 Å². The summed E-state index contributed by atoms with van der Waals surface area (Å²) in [7, 11) is 1.90. The maximum absolute atomic E-state index is 5.10. The SMILES string of the molecule is C=C([B]C)NCCOCC#CN. The molecule has 4 heteroatoms. The molecule has 3 nitrogen and oxygen atoms in total. The fraction of sp³-hybridized carbons (Fsp3) is 0.500. The predicted molar refractivity (Wildman–Crippen MR) is 51.5 cm³/mol. The lowest BCUT2D eigenvalue weighted by Crippen LogP contribution is -2.21. The zero-order valence-corrected chi connectivity index (χ0v) is 7.39. The van der Waals surface area contributed by atoms with Crippen molar-refractivity contribution in [3.8, 4) is 12.0 Å². The van der Waals surface area contributed by atoms with Crippen molar-refractivity contribution in [3.05, 3.63) is 12.2 Å². The zero-order valence-electron chi connectivity index (χ0n) is 7.39. The van der Waals surface area contributed by atoms with Crippen LogP contribution in [0.25, 0.3) is 0 Å². The number of hydrogen-bond donors (Lipinski definition) is 2. The molecule has 0 aromatic rings. The van der Waals surface area contributed by atoms with Crippen LogP contribution in [0.3, 0.4) is 0 Å². The van der Waals surface area contributed by atoms with E-state index in [9.17, 15) is 0 Å². The first kappa shape index (κ1) is 10.9. The second kappa shape index (κ2) is 8.03. The van der Waals surface area contributed by atoms with Crippen molar-refractivity contribution in [1.82, 2.24) is 5.32 Å². The van der Waals surface area contributed by atoms with Crippen molar-refractivity contribution in [2.45, 2.75) is 6.82 Å². The van der Waals surface area contributed by atoms with Crippen LogP contribution in [0.15, 0.2) is 12.2 Å². The van der Waals surface area contributed by atoms with Gasteiger partial charge in [0.2, 0.25) is 0 Å². The molecule has 0 aliphatic heterocycles. The van der Waals surface area contributed by atoms with Gasteiger partial charge in [-0.3, -0.25) is 0 Å². The van der Waals surface area contributed by atoms with E-state index in [4.69, 9.17) is 10.5 Å². The van der Waals surface area contributed by atoms with E-state index in [-0.39, 0.29) is 0 Å². The van der Waals surface area contributed by atoms with Gasteiger partial charge in [-0.15, -0.1) is 0 Å². The lowest BCUT2D eigenvalue weighted by molar-refractivity contribution is 0.171. The molecule has 12 heavy (non-hydrogen) atoms. The fourth-order valence-electron chi connectivity index (χ4n) is 0.551. The first-order valence-electron chi connectivity index (χ1n) is 3.79. The molecule has 0 saturated heterocycles. The summed E-state index contributed by atoms with van der Waals surface area (Å²) in [4.78, 5) is 0. The Morgan fingerprint density at radius 3 is 3.08 bits per heavy atom. The monoisotopic (exact) mass is 165 g/mol. The molecule has 0 spiro atoms. The molecule has 0 aliphatic rings. The highest BCUT2D eigenvalue weighted by atomic mass is 16.5. The normalized spacial score (nSPS) is 8.08. The first-order valence-corrected chi connectivity index (χ1v) is 3.79. The van der Waals surface area contributed by atoms with E-state index in [1.807, 2.05) is 14.1 Å². The summed E-state index contributed by atoms with van der Waals surface area (Å²) < 4.78 is 5.10. The third kappa shape index (κ3) is 7.04. The molecule has 0 bridgehead atoms. The van der Waals surface area contributed by atoms with E-state index in [1.165, 1.54) is 0 Å². The summed E-state index contributed by atoms with van der Waals surface area (Å²) in [5.74, 6) is 2.60. The Morgan fingerprint density at radius 1 is 1.75 bits per heavy atom. The summed E-state index contributed by atoms with van der Waals surface area (Å²) in [5, 5.41) is 3.05. The smallest absolute Gasteiger partial charge is 0.169 e. The minimum absolute atomic E-state index is 0.389. The summed E-state index contributed by atoms with van der Waals surface area (Å²) in [6.45, 7) is 7.41. The van der Waals surface area contributed by atoms with Gasteiger partial charge in [-0.1, -0.05) is 19.3 Å². The molecule has 0 aromatic heterocycles. The van der Waals surface area contributed by atoms with Crippen molar-refractivity contribution in [1.29, 1.82) is 0 Å². The third-order valence-corrected chi connectivity index (χ3v) is 1.22. The Kier molecular flexibility index (Phi) is 7.31. The van der Waals surface area contributed by atoms with E-state index in [0.717, 1.165) is 12.1 Å². The number of ether oxygens (including phenoxy) is 1. The van der Waals surface area contributed by atoms with Crippen molar-refractivity contribution in [3.63, 3.8) is 0 Å². The Balaban J connectivity index is 3.09. The van der Waals surface area contributed by atoms with Crippen LogP contribution in [0.1, 0.15) is 0 Å². The van der Waals surface area contributed by atoms with Crippen LogP contribution in [-0.2, 0) is 4.74 Å². The second-order valence-corrected chi connectivity index (χ2v) is 2.11. The Hall–Kier alpha value is -1.08. The van der Waals surface area contributed by atoms with Gasteiger partial charge in [0.25, 0.3) is 0 Å². The fourth-order valence-corrected chi connectivity index (χ4v) is 0.551. The van der Waals surface area contributed by atoms with Gasteiger partial charge in [0.05, 0.1) is 6.61 Å². The molecule has 3 N–H and O–H groups in total. The number of hydrogen-bond acceptors (Lipinski definition) is 3. The molecule has 0 aromatic carbocycles. The highest BCUT2D eigenvalue weighted by Gasteiger charge is 1.89. The molecule has 0 saturated carbocycles. The Morgan fingerprint density at radius 2 is 2.50 bits per heavy atom. The van der Waals surface area contributed by atoms with E-state index in [2.05, 4.69) is 23.9 Å². The maximum atomic E-state index is 5.10. The molecular formula is C8H14BN2O. The van der Waals surface area contributed by atoms with Gasteiger partial charge >= 0.3 is 0 Å². The van der Waals surface area contributed by atoms with Crippen LogP contribution < -0.4 is 11.1 Å². The summed E-state index contributed by atoms with van der Waals surface area (Å²) in [5.41, 5.74) is 5.84. The van der Waals surface area contributed by atoms with Crippen LogP contribution in [-0.4, -0.2) is 27.0 Å². The maximum Gasteiger partial charge on any atom is 0.169 e. The third-order valence-electron chi connectivity index (χ3n) is 1.22. The molecule has 0 heterocycles. The minimum atomic E-state index is 0.389. The number of nitrogens with one attached hydrogen (secondary N) is 1. The highest BCUT2D eigenvalue weighted by Crippen LogP contribution is 1.78. The minimum Gasteiger partial charge on any atom is -0.395 e. The van der Waals surface area contributed by atoms with E-state index >= 15 is 0 Å². The summed E-state index contributed by atoms with van der Waals surface area (Å²) >= 11 is 0. The van der Waals surface area contributed by atoms with Crippen LogP contribution in [0.5, 0.6) is 0 Å². The second-order valence-electron chi connectivity index (χ2n) is 2.11. The average molecular weight is 165 g/mol.